The van der Waals surface area contributed by atoms with E-state index in [1.807, 2.05) is 0 Å². The van der Waals surface area contributed by atoms with E-state index in [4.69, 9.17) is 4.74 Å². The van der Waals surface area contributed by atoms with Gasteiger partial charge in [-0.3, -0.25) is 0 Å². The van der Waals surface area contributed by atoms with Crippen molar-refractivity contribution in [3.05, 3.63) is 12.2 Å². The molecule has 0 fully saturated rings. The van der Waals surface area contributed by atoms with Crippen molar-refractivity contribution in [1.29, 1.82) is 0 Å². The van der Waals surface area contributed by atoms with Gasteiger partial charge in [0.05, 0.1) is 12.2 Å². The zero-order chi connectivity index (χ0) is 10.6. The minimum Gasteiger partial charge on any atom is -0.450 e. The topological polar surface area (TPSA) is 66.8 Å². The van der Waals surface area contributed by atoms with Gasteiger partial charge >= 0.3 is 5.30 Å². The molecule has 0 heterocycles. The average molecular weight is 218 g/mol. The van der Waals surface area contributed by atoms with Gasteiger partial charge in [-0.2, -0.15) is 0 Å². The number of carbonyl (C=O) groups excluding carboxylic acids is 1. The van der Waals surface area contributed by atoms with Gasteiger partial charge in [0.15, 0.2) is 0 Å². The van der Waals surface area contributed by atoms with Gasteiger partial charge in [-0.15, -0.1) is 0 Å². The molecule has 0 saturated carbocycles. The Hall–Kier alpha value is -0.520. The molecule has 1 aliphatic carbocycles. The summed E-state index contributed by atoms with van der Waals surface area (Å²) < 4.78 is 4.81. The molecule has 0 bridgehead atoms. The second-order valence-corrected chi connectivity index (χ2v) is 3.71. The Balaban J connectivity index is 2.58. The summed E-state index contributed by atoms with van der Waals surface area (Å²) in [6, 6.07) is 0. The van der Waals surface area contributed by atoms with Crippen LogP contribution in [0.1, 0.15) is 19.3 Å². The second-order valence-electron chi connectivity index (χ2n) is 3.34. The monoisotopic (exact) mass is 218 g/mol. The first-order valence-electron chi connectivity index (χ1n) is 4.52. The van der Waals surface area contributed by atoms with Gasteiger partial charge in [0.1, 0.15) is 6.10 Å². The summed E-state index contributed by atoms with van der Waals surface area (Å²) in [4.78, 5) is 10.6. The summed E-state index contributed by atoms with van der Waals surface area (Å²) in [5.74, 6) is 0. The first-order valence-corrected chi connectivity index (χ1v) is 4.96. The fourth-order valence-corrected chi connectivity index (χ4v) is 1.53. The number of thiol groups is 1. The van der Waals surface area contributed by atoms with Gasteiger partial charge in [-0.05, 0) is 18.9 Å². The van der Waals surface area contributed by atoms with Crippen molar-refractivity contribution in [3.63, 3.8) is 0 Å². The Bertz CT molecular complexity index is 229. The van der Waals surface area contributed by atoms with Crippen molar-refractivity contribution >= 4 is 17.9 Å². The molecule has 0 aliphatic heterocycles. The van der Waals surface area contributed by atoms with Crippen molar-refractivity contribution in [1.82, 2.24) is 0 Å². The van der Waals surface area contributed by atoms with Gasteiger partial charge in [-0.25, -0.2) is 4.79 Å². The zero-order valence-electron chi connectivity index (χ0n) is 7.67. The number of rotatable bonds is 1. The summed E-state index contributed by atoms with van der Waals surface area (Å²) in [7, 11) is 0. The first-order chi connectivity index (χ1) is 6.58. The Kier molecular flexibility index (Phi) is 4.44. The maximum absolute atomic E-state index is 10.6. The molecule has 3 atom stereocenters. The maximum atomic E-state index is 10.6. The molecule has 1 rings (SSSR count). The third kappa shape index (κ3) is 4.13. The molecule has 0 amide bonds. The number of aliphatic hydroxyl groups is 2. The maximum Gasteiger partial charge on any atom is 0.364 e. The largest absolute Gasteiger partial charge is 0.450 e. The zero-order valence-corrected chi connectivity index (χ0v) is 8.56. The molecular weight excluding hydrogens is 204 g/mol. The van der Waals surface area contributed by atoms with Crippen LogP contribution in [0.5, 0.6) is 0 Å². The van der Waals surface area contributed by atoms with Crippen LogP contribution in [0.15, 0.2) is 12.2 Å². The smallest absolute Gasteiger partial charge is 0.364 e. The van der Waals surface area contributed by atoms with Crippen LogP contribution >= 0.6 is 12.6 Å². The van der Waals surface area contributed by atoms with Crippen LogP contribution in [0.2, 0.25) is 0 Å². The van der Waals surface area contributed by atoms with Crippen molar-refractivity contribution in [2.75, 3.05) is 0 Å². The Morgan fingerprint density at radius 1 is 1.36 bits per heavy atom. The quantitative estimate of drug-likeness (QED) is 0.347. The molecule has 0 aromatic carbocycles. The van der Waals surface area contributed by atoms with Crippen LogP contribution in [0.4, 0.5) is 4.79 Å². The predicted octanol–water partition coefficient (Wildman–Crippen LogP) is 0.883. The van der Waals surface area contributed by atoms with Crippen LogP contribution in [0.25, 0.3) is 0 Å². The van der Waals surface area contributed by atoms with E-state index in [9.17, 15) is 15.0 Å². The fourth-order valence-electron chi connectivity index (χ4n) is 1.39. The van der Waals surface area contributed by atoms with Gasteiger partial charge < -0.3 is 14.9 Å². The van der Waals surface area contributed by atoms with E-state index < -0.39 is 23.6 Å². The van der Waals surface area contributed by atoms with Gasteiger partial charge in [0, 0.05) is 6.42 Å². The van der Waals surface area contributed by atoms with Crippen molar-refractivity contribution in [2.24, 2.45) is 0 Å². The summed E-state index contributed by atoms with van der Waals surface area (Å²) in [6.07, 6.45) is 2.93. The number of hydrogen-bond acceptors (Lipinski definition) is 4. The highest BCUT2D eigenvalue weighted by molar-refractivity contribution is 7.96. The molecule has 2 N–H and O–H groups in total. The highest BCUT2D eigenvalue weighted by Crippen LogP contribution is 2.16. The van der Waals surface area contributed by atoms with Crippen LogP contribution in [0.3, 0.4) is 0 Å². The van der Waals surface area contributed by atoms with Crippen LogP contribution in [0, 0.1) is 0 Å². The van der Waals surface area contributed by atoms with E-state index in [1.165, 1.54) is 0 Å². The standard InChI is InChI=1S/C9H14O4S/c10-6-1-2-7(11)5-8(4-3-6)13-9(12)14/h3-4,6-8,10-11H,1-2,5H2,(H,12,14). The molecule has 0 spiro atoms. The number of hydrogen-bond donors (Lipinski definition) is 3. The van der Waals surface area contributed by atoms with E-state index >= 15 is 0 Å². The Morgan fingerprint density at radius 3 is 2.71 bits per heavy atom. The molecule has 5 heteroatoms. The van der Waals surface area contributed by atoms with Crippen molar-refractivity contribution in [3.8, 4) is 0 Å². The summed E-state index contributed by atoms with van der Waals surface area (Å²) >= 11 is 3.48. The third-order valence-electron chi connectivity index (χ3n) is 2.10. The minimum absolute atomic E-state index is 0.357. The first kappa shape index (κ1) is 11.6. The summed E-state index contributed by atoms with van der Waals surface area (Å²) in [5.41, 5.74) is 0. The molecular formula is C9H14O4S. The lowest BCUT2D eigenvalue weighted by atomic mass is 10.00. The van der Waals surface area contributed by atoms with E-state index in [-0.39, 0.29) is 0 Å². The molecule has 80 valence electrons. The summed E-state index contributed by atoms with van der Waals surface area (Å²) in [6.45, 7) is 0. The van der Waals surface area contributed by atoms with E-state index in [2.05, 4.69) is 12.6 Å². The number of carbonyl (C=O) groups is 1. The lowest BCUT2D eigenvalue weighted by Gasteiger charge is -2.20. The van der Waals surface area contributed by atoms with Crippen molar-refractivity contribution < 1.29 is 19.7 Å². The lowest BCUT2D eigenvalue weighted by molar-refractivity contribution is 0.0699. The number of aliphatic hydroxyl groups excluding tert-OH is 2. The van der Waals surface area contributed by atoms with Crippen LogP contribution < -0.4 is 0 Å². The highest BCUT2D eigenvalue weighted by atomic mass is 32.1. The SMILES string of the molecule is O=C(S)OC1C=CC(O)CCC(O)C1. The van der Waals surface area contributed by atoms with Crippen molar-refractivity contribution in [2.45, 2.75) is 37.6 Å². The van der Waals surface area contributed by atoms with E-state index in [1.54, 1.807) is 12.2 Å². The molecule has 3 unspecified atom stereocenters. The Morgan fingerprint density at radius 2 is 2.07 bits per heavy atom. The predicted molar refractivity (Wildman–Crippen MR) is 54.3 cm³/mol. The van der Waals surface area contributed by atoms with Crippen LogP contribution in [-0.4, -0.2) is 33.8 Å². The lowest BCUT2D eigenvalue weighted by Crippen LogP contribution is -2.24. The van der Waals surface area contributed by atoms with Gasteiger partial charge in [0.25, 0.3) is 0 Å². The molecule has 0 aromatic heterocycles. The minimum atomic E-state index is -0.679. The molecule has 0 saturated heterocycles. The summed E-state index contributed by atoms with van der Waals surface area (Å²) in [5, 5.41) is 18.1. The number of ether oxygens (including phenoxy) is 1. The van der Waals surface area contributed by atoms with Crippen LogP contribution in [-0.2, 0) is 4.74 Å². The fraction of sp³-hybridized carbons (Fsp3) is 0.667. The molecule has 0 aromatic rings. The highest BCUT2D eigenvalue weighted by Gasteiger charge is 2.18. The van der Waals surface area contributed by atoms with Gasteiger partial charge in [-0.1, -0.05) is 18.7 Å². The third-order valence-corrected chi connectivity index (χ3v) is 2.21. The molecule has 1 aliphatic rings. The normalized spacial score (nSPS) is 33.2. The Labute approximate surface area is 88.0 Å². The molecule has 14 heavy (non-hydrogen) atoms. The van der Waals surface area contributed by atoms with E-state index in [0.717, 1.165) is 0 Å². The van der Waals surface area contributed by atoms with E-state index in [0.29, 0.717) is 19.3 Å². The molecule has 0 radical (unpaired) electrons. The molecule has 4 nitrogen and oxygen atoms in total. The average Bonchev–Trinajstić information content (AvgIpc) is 2.08. The van der Waals surface area contributed by atoms with Gasteiger partial charge in [0.2, 0.25) is 0 Å². The second kappa shape index (κ2) is 5.38.